The largest absolute Gasteiger partial charge is 0.417 e. The highest BCUT2D eigenvalue weighted by molar-refractivity contribution is 5.45. The summed E-state index contributed by atoms with van der Waals surface area (Å²) in [6.45, 7) is 0. The molecule has 2 nitrogen and oxygen atoms in total. The van der Waals surface area contributed by atoms with Crippen LogP contribution in [-0.2, 0) is 6.18 Å². The molecule has 0 amide bonds. The van der Waals surface area contributed by atoms with Crippen LogP contribution < -0.4 is 0 Å². The van der Waals surface area contributed by atoms with Crippen molar-refractivity contribution in [2.24, 2.45) is 0 Å². The van der Waals surface area contributed by atoms with E-state index in [1.54, 1.807) is 6.07 Å². The van der Waals surface area contributed by atoms with E-state index in [0.29, 0.717) is 6.07 Å². The molecule has 0 radical (unpaired) electrons. The van der Waals surface area contributed by atoms with Crippen molar-refractivity contribution in [3.63, 3.8) is 0 Å². The average Bonchev–Trinajstić information content (AvgIpc) is 2.15. The Bertz CT molecular complexity index is 435. The molecule has 0 heterocycles. The molecule has 1 aromatic rings. The first-order valence-electron chi connectivity index (χ1n) is 3.50. The van der Waals surface area contributed by atoms with E-state index in [4.69, 9.17) is 10.5 Å². The second-order valence-electron chi connectivity index (χ2n) is 2.48. The lowest BCUT2D eigenvalue weighted by molar-refractivity contribution is -0.137. The van der Waals surface area contributed by atoms with E-state index in [1.165, 1.54) is 12.1 Å². The van der Waals surface area contributed by atoms with Crippen molar-refractivity contribution in [1.29, 1.82) is 10.5 Å². The van der Waals surface area contributed by atoms with Gasteiger partial charge >= 0.3 is 6.18 Å². The van der Waals surface area contributed by atoms with E-state index in [1.807, 2.05) is 0 Å². The summed E-state index contributed by atoms with van der Waals surface area (Å²) in [4.78, 5) is 0. The molecule has 0 aliphatic rings. The van der Waals surface area contributed by atoms with Crippen LogP contribution in [0.25, 0.3) is 0 Å². The van der Waals surface area contributed by atoms with Crippen LogP contribution >= 0.6 is 0 Å². The summed E-state index contributed by atoms with van der Waals surface area (Å²) in [6.07, 6.45) is -4.60. The molecule has 0 unspecified atom stereocenters. The minimum absolute atomic E-state index is 0.115. The van der Waals surface area contributed by atoms with Crippen molar-refractivity contribution in [3.8, 4) is 12.1 Å². The Balaban J connectivity index is 3.41. The van der Waals surface area contributed by atoms with Gasteiger partial charge in [0, 0.05) is 0 Å². The van der Waals surface area contributed by atoms with Crippen LogP contribution in [0.4, 0.5) is 13.2 Å². The van der Waals surface area contributed by atoms with Gasteiger partial charge in [0.2, 0.25) is 0 Å². The summed E-state index contributed by atoms with van der Waals surface area (Å²) in [5.74, 6) is 0. The van der Waals surface area contributed by atoms with Gasteiger partial charge in [-0.3, -0.25) is 0 Å². The van der Waals surface area contributed by atoms with Gasteiger partial charge in [-0.25, -0.2) is 0 Å². The molecule has 0 aliphatic heterocycles. The highest BCUT2D eigenvalue weighted by atomic mass is 19.4. The molecule has 0 fully saturated rings. The minimum atomic E-state index is -4.60. The number of hydrogen-bond acceptors (Lipinski definition) is 2. The lowest BCUT2D eigenvalue weighted by Crippen LogP contribution is -2.08. The molecule has 14 heavy (non-hydrogen) atoms. The number of nitrogens with zero attached hydrogens (tertiary/aromatic N) is 2. The fourth-order valence-electron chi connectivity index (χ4n) is 0.946. The zero-order chi connectivity index (χ0) is 10.8. The zero-order valence-electron chi connectivity index (χ0n) is 6.76. The maximum Gasteiger partial charge on any atom is 0.417 e. The SMILES string of the molecule is N#Cc1ccc(C#N)c(C(F)(F)F)c1. The van der Waals surface area contributed by atoms with Crippen LogP contribution in [0, 0.1) is 22.7 Å². The van der Waals surface area contributed by atoms with Gasteiger partial charge in [-0.05, 0) is 18.2 Å². The smallest absolute Gasteiger partial charge is 0.192 e. The summed E-state index contributed by atoms with van der Waals surface area (Å²) < 4.78 is 36.9. The quantitative estimate of drug-likeness (QED) is 0.639. The van der Waals surface area contributed by atoms with E-state index in [0.717, 1.165) is 6.07 Å². The van der Waals surface area contributed by atoms with E-state index in [-0.39, 0.29) is 5.56 Å². The maximum absolute atomic E-state index is 12.3. The Morgan fingerprint density at radius 3 is 2.14 bits per heavy atom. The molecule has 1 rings (SSSR count). The van der Waals surface area contributed by atoms with Gasteiger partial charge in [-0.2, -0.15) is 23.7 Å². The molecule has 70 valence electrons. The van der Waals surface area contributed by atoms with E-state index < -0.39 is 17.3 Å². The second kappa shape index (κ2) is 3.39. The van der Waals surface area contributed by atoms with Crippen molar-refractivity contribution in [2.45, 2.75) is 6.18 Å². The van der Waals surface area contributed by atoms with E-state index in [2.05, 4.69) is 0 Å². The molecule has 0 N–H and O–H groups in total. The molecule has 0 atom stereocenters. The van der Waals surface area contributed by atoms with Gasteiger partial charge in [0.25, 0.3) is 0 Å². The molecule has 0 aromatic heterocycles. The van der Waals surface area contributed by atoms with Gasteiger partial charge < -0.3 is 0 Å². The maximum atomic E-state index is 12.3. The molecular weight excluding hydrogens is 193 g/mol. The van der Waals surface area contributed by atoms with Crippen LogP contribution in [0.2, 0.25) is 0 Å². The third kappa shape index (κ3) is 1.83. The van der Waals surface area contributed by atoms with Crippen LogP contribution in [0.1, 0.15) is 16.7 Å². The van der Waals surface area contributed by atoms with E-state index >= 15 is 0 Å². The Hall–Kier alpha value is -2.01. The highest BCUT2D eigenvalue weighted by Crippen LogP contribution is 2.32. The average molecular weight is 196 g/mol. The minimum Gasteiger partial charge on any atom is -0.192 e. The number of hydrogen-bond donors (Lipinski definition) is 0. The van der Waals surface area contributed by atoms with Crippen LogP contribution in [0.5, 0.6) is 0 Å². The molecule has 1 aromatic carbocycles. The van der Waals surface area contributed by atoms with Gasteiger partial charge in [0.15, 0.2) is 0 Å². The Labute approximate surface area is 77.8 Å². The van der Waals surface area contributed by atoms with Crippen LogP contribution in [0.3, 0.4) is 0 Å². The Kier molecular flexibility index (Phi) is 2.44. The summed E-state index contributed by atoms with van der Waals surface area (Å²) in [5.41, 5.74) is -1.66. The number of alkyl halides is 3. The molecule has 0 bridgehead atoms. The number of benzene rings is 1. The number of halogens is 3. The molecule has 0 saturated heterocycles. The van der Waals surface area contributed by atoms with Gasteiger partial charge in [0.05, 0.1) is 28.8 Å². The van der Waals surface area contributed by atoms with Gasteiger partial charge in [0.1, 0.15) is 0 Å². The lowest BCUT2D eigenvalue weighted by Gasteiger charge is -2.07. The predicted octanol–water partition coefficient (Wildman–Crippen LogP) is 2.45. The fourth-order valence-corrected chi connectivity index (χ4v) is 0.946. The Morgan fingerprint density at radius 1 is 1.07 bits per heavy atom. The van der Waals surface area contributed by atoms with Gasteiger partial charge in [-0.15, -0.1) is 0 Å². The van der Waals surface area contributed by atoms with Crippen LogP contribution in [-0.4, -0.2) is 0 Å². The lowest BCUT2D eigenvalue weighted by atomic mass is 10.1. The number of nitriles is 2. The summed E-state index contributed by atoms with van der Waals surface area (Å²) >= 11 is 0. The zero-order valence-corrected chi connectivity index (χ0v) is 6.76. The van der Waals surface area contributed by atoms with Crippen molar-refractivity contribution in [3.05, 3.63) is 34.9 Å². The van der Waals surface area contributed by atoms with Crippen molar-refractivity contribution < 1.29 is 13.2 Å². The highest BCUT2D eigenvalue weighted by Gasteiger charge is 2.33. The summed E-state index contributed by atoms with van der Waals surface area (Å²) in [7, 11) is 0. The molecule has 0 aliphatic carbocycles. The van der Waals surface area contributed by atoms with Crippen molar-refractivity contribution >= 4 is 0 Å². The second-order valence-corrected chi connectivity index (χ2v) is 2.48. The molecular formula is C9H3F3N2. The van der Waals surface area contributed by atoms with E-state index in [9.17, 15) is 13.2 Å². The predicted molar refractivity (Wildman–Crippen MR) is 40.9 cm³/mol. The first kappa shape index (κ1) is 10.1. The van der Waals surface area contributed by atoms with Crippen molar-refractivity contribution in [2.75, 3.05) is 0 Å². The molecule has 5 heteroatoms. The standard InChI is InChI=1S/C9H3F3N2/c10-9(11,12)8-3-6(4-13)1-2-7(8)5-14/h1-3H. The van der Waals surface area contributed by atoms with Gasteiger partial charge in [-0.1, -0.05) is 0 Å². The first-order valence-corrected chi connectivity index (χ1v) is 3.50. The summed E-state index contributed by atoms with van der Waals surface area (Å²) in [6, 6.07) is 5.83. The number of rotatable bonds is 0. The third-order valence-corrected chi connectivity index (χ3v) is 1.57. The first-order chi connectivity index (χ1) is 6.49. The topological polar surface area (TPSA) is 47.6 Å². The monoisotopic (exact) mass is 196 g/mol. The fraction of sp³-hybridized carbons (Fsp3) is 0.111. The van der Waals surface area contributed by atoms with Crippen LogP contribution in [0.15, 0.2) is 18.2 Å². The molecule has 0 spiro atoms. The van der Waals surface area contributed by atoms with Crippen molar-refractivity contribution in [1.82, 2.24) is 0 Å². The molecule has 0 saturated carbocycles. The summed E-state index contributed by atoms with van der Waals surface area (Å²) in [5, 5.41) is 16.8. The third-order valence-electron chi connectivity index (χ3n) is 1.57. The Morgan fingerprint density at radius 2 is 1.71 bits per heavy atom. The normalized spacial score (nSPS) is 10.4.